The van der Waals surface area contributed by atoms with E-state index in [2.05, 4.69) is 10.3 Å². The van der Waals surface area contributed by atoms with Crippen LogP contribution < -0.4 is 15.6 Å². The van der Waals surface area contributed by atoms with Gasteiger partial charge < -0.3 is 15.0 Å². The highest BCUT2D eigenvalue weighted by molar-refractivity contribution is 5.94. The monoisotopic (exact) mass is 403 g/mol. The van der Waals surface area contributed by atoms with Crippen LogP contribution in [-0.2, 0) is 6.18 Å². The Morgan fingerprint density at radius 2 is 2.00 bits per heavy atom. The summed E-state index contributed by atoms with van der Waals surface area (Å²) in [5.41, 5.74) is -2.83. The SMILES string of the molecule is CC12C=CN=CC1C(NC(=O)c1ccc(C(F)(F)F)[nH]c1=O)c1ccccc1O2. The van der Waals surface area contributed by atoms with E-state index in [4.69, 9.17) is 4.74 Å². The lowest BCUT2D eigenvalue weighted by Gasteiger charge is -2.44. The summed E-state index contributed by atoms with van der Waals surface area (Å²) >= 11 is 0. The van der Waals surface area contributed by atoms with Gasteiger partial charge in [0.15, 0.2) is 0 Å². The molecule has 0 saturated carbocycles. The summed E-state index contributed by atoms with van der Waals surface area (Å²) in [6.45, 7) is 1.85. The van der Waals surface area contributed by atoms with E-state index in [1.54, 1.807) is 47.7 Å². The lowest BCUT2D eigenvalue weighted by Crippen LogP contribution is -2.52. The minimum atomic E-state index is -4.71. The number of fused-ring (bicyclic) bond motifs is 2. The normalized spacial score (nSPS) is 25.0. The van der Waals surface area contributed by atoms with Crippen LogP contribution >= 0.6 is 0 Å². The van der Waals surface area contributed by atoms with Crippen molar-refractivity contribution in [1.82, 2.24) is 10.3 Å². The molecule has 0 bridgehead atoms. The van der Waals surface area contributed by atoms with Crippen molar-refractivity contribution in [3.63, 3.8) is 0 Å². The van der Waals surface area contributed by atoms with Crippen LogP contribution in [-0.4, -0.2) is 22.7 Å². The number of nitrogens with zero attached hydrogens (tertiary/aromatic N) is 1. The molecule has 0 saturated heterocycles. The lowest BCUT2D eigenvalue weighted by atomic mass is 9.77. The number of alkyl halides is 3. The van der Waals surface area contributed by atoms with Crippen molar-refractivity contribution in [2.75, 3.05) is 0 Å². The zero-order valence-electron chi connectivity index (χ0n) is 15.2. The average Bonchev–Trinajstić information content (AvgIpc) is 2.66. The van der Waals surface area contributed by atoms with Crippen molar-refractivity contribution < 1.29 is 22.7 Å². The van der Waals surface area contributed by atoms with Crippen molar-refractivity contribution in [3.05, 3.63) is 75.8 Å². The molecule has 1 aromatic carbocycles. The van der Waals surface area contributed by atoms with Crippen molar-refractivity contribution in [3.8, 4) is 5.75 Å². The number of halogens is 3. The summed E-state index contributed by atoms with van der Waals surface area (Å²) in [5.74, 6) is -0.593. The number of hydrogen-bond donors (Lipinski definition) is 2. The van der Waals surface area contributed by atoms with Gasteiger partial charge in [0.05, 0.1) is 12.0 Å². The highest BCUT2D eigenvalue weighted by Crippen LogP contribution is 2.44. The largest absolute Gasteiger partial charge is 0.482 e. The van der Waals surface area contributed by atoms with Gasteiger partial charge in [0.2, 0.25) is 0 Å². The number of aliphatic imine (C=N–C) groups is 1. The first-order valence-corrected chi connectivity index (χ1v) is 8.79. The molecule has 9 heteroatoms. The smallest absolute Gasteiger partial charge is 0.431 e. The predicted molar refractivity (Wildman–Crippen MR) is 98.9 cm³/mol. The number of rotatable bonds is 2. The summed E-state index contributed by atoms with van der Waals surface area (Å²) in [7, 11) is 0. The van der Waals surface area contributed by atoms with Gasteiger partial charge in [-0.1, -0.05) is 18.2 Å². The molecule has 4 rings (SSSR count). The Morgan fingerprint density at radius 1 is 1.24 bits per heavy atom. The first-order valence-electron chi connectivity index (χ1n) is 8.79. The van der Waals surface area contributed by atoms with Crippen LogP contribution in [0.25, 0.3) is 0 Å². The molecule has 0 radical (unpaired) electrons. The Morgan fingerprint density at radius 3 is 2.72 bits per heavy atom. The lowest BCUT2D eigenvalue weighted by molar-refractivity contribution is -0.141. The predicted octanol–water partition coefficient (Wildman–Crippen LogP) is 3.23. The maximum Gasteiger partial charge on any atom is 0.431 e. The number of aromatic nitrogens is 1. The Bertz CT molecular complexity index is 1090. The number of carbonyl (C=O) groups is 1. The van der Waals surface area contributed by atoms with Crippen LogP contribution in [0.4, 0.5) is 13.2 Å². The second kappa shape index (κ2) is 6.61. The molecule has 2 aliphatic heterocycles. The molecule has 0 spiro atoms. The first-order chi connectivity index (χ1) is 13.7. The number of para-hydroxylation sites is 1. The van der Waals surface area contributed by atoms with E-state index in [1.807, 2.05) is 6.92 Å². The van der Waals surface area contributed by atoms with Gasteiger partial charge in [-0.3, -0.25) is 14.6 Å². The Labute approximate surface area is 163 Å². The zero-order valence-corrected chi connectivity index (χ0v) is 15.2. The summed E-state index contributed by atoms with van der Waals surface area (Å²) in [6.07, 6.45) is 0.319. The molecule has 0 aliphatic carbocycles. The molecule has 3 atom stereocenters. The number of amides is 1. The van der Waals surface area contributed by atoms with Crippen LogP contribution in [0.2, 0.25) is 0 Å². The van der Waals surface area contributed by atoms with E-state index < -0.39 is 40.5 Å². The van der Waals surface area contributed by atoms with Gasteiger partial charge in [-0.15, -0.1) is 0 Å². The van der Waals surface area contributed by atoms with Crippen molar-refractivity contribution in [2.45, 2.75) is 24.7 Å². The molecule has 3 heterocycles. The van der Waals surface area contributed by atoms with Crippen LogP contribution in [0.15, 0.2) is 58.5 Å². The summed E-state index contributed by atoms with van der Waals surface area (Å²) in [6, 6.07) is 8.07. The zero-order chi connectivity index (χ0) is 20.8. The van der Waals surface area contributed by atoms with Gasteiger partial charge in [0.1, 0.15) is 22.6 Å². The Hall–Kier alpha value is -3.36. The topological polar surface area (TPSA) is 83.5 Å². The maximum atomic E-state index is 12.8. The molecular formula is C20H16F3N3O3. The number of carbonyl (C=O) groups excluding carboxylic acids is 1. The van der Waals surface area contributed by atoms with Gasteiger partial charge in [-0.05, 0) is 31.2 Å². The Kier molecular flexibility index (Phi) is 4.33. The third kappa shape index (κ3) is 3.32. The van der Waals surface area contributed by atoms with Crippen LogP contribution in [0, 0.1) is 5.92 Å². The number of ether oxygens (including phenoxy) is 1. The molecule has 2 aromatic rings. The number of pyridine rings is 1. The Balaban J connectivity index is 1.69. The number of nitrogens with one attached hydrogen (secondary N) is 2. The fourth-order valence-corrected chi connectivity index (χ4v) is 3.58. The first kappa shape index (κ1) is 19.0. The molecule has 2 N–H and O–H groups in total. The number of hydrogen-bond acceptors (Lipinski definition) is 4. The quantitative estimate of drug-likeness (QED) is 0.808. The third-order valence-corrected chi connectivity index (χ3v) is 5.09. The summed E-state index contributed by atoms with van der Waals surface area (Å²) in [5, 5.41) is 2.77. The highest BCUT2D eigenvalue weighted by Gasteiger charge is 2.46. The molecule has 1 aromatic heterocycles. The second-order valence-corrected chi connectivity index (χ2v) is 7.03. The number of benzene rings is 1. The standard InChI is InChI=1S/C20H16F3N3O3/c1-19-8-9-24-10-13(19)16(11-4-2-3-5-14(11)29-19)26-18(28)12-6-7-15(20(21,22)23)25-17(12)27/h2-10,13,16H,1H3,(H,25,27)(H,26,28). The van der Waals surface area contributed by atoms with Crippen molar-refractivity contribution >= 4 is 12.1 Å². The van der Waals surface area contributed by atoms with Gasteiger partial charge in [-0.2, -0.15) is 13.2 Å². The van der Waals surface area contributed by atoms with E-state index in [-0.39, 0.29) is 5.92 Å². The number of H-pyrrole nitrogens is 1. The van der Waals surface area contributed by atoms with Gasteiger partial charge in [0, 0.05) is 18.0 Å². The fraction of sp³-hybridized carbons (Fsp3) is 0.250. The maximum absolute atomic E-state index is 12.8. The average molecular weight is 403 g/mol. The molecule has 1 amide bonds. The van der Waals surface area contributed by atoms with Crippen molar-refractivity contribution in [2.24, 2.45) is 10.9 Å². The molecular weight excluding hydrogens is 387 g/mol. The molecule has 6 nitrogen and oxygen atoms in total. The van der Waals surface area contributed by atoms with Crippen LogP contribution in [0.1, 0.15) is 34.6 Å². The minimum Gasteiger partial charge on any atom is -0.482 e. The summed E-state index contributed by atoms with van der Waals surface area (Å²) < 4.78 is 44.4. The van der Waals surface area contributed by atoms with Crippen LogP contribution in [0.5, 0.6) is 5.75 Å². The van der Waals surface area contributed by atoms with E-state index >= 15 is 0 Å². The minimum absolute atomic E-state index is 0.375. The second-order valence-electron chi connectivity index (χ2n) is 7.03. The third-order valence-electron chi connectivity index (χ3n) is 5.09. The molecule has 3 unspecified atom stereocenters. The molecule has 150 valence electrons. The van der Waals surface area contributed by atoms with Crippen molar-refractivity contribution in [1.29, 1.82) is 0 Å². The van der Waals surface area contributed by atoms with Gasteiger partial charge in [0.25, 0.3) is 11.5 Å². The fourth-order valence-electron chi connectivity index (χ4n) is 3.58. The van der Waals surface area contributed by atoms with E-state index in [1.165, 1.54) is 0 Å². The molecule has 29 heavy (non-hydrogen) atoms. The van der Waals surface area contributed by atoms with E-state index in [0.717, 1.165) is 6.07 Å². The highest BCUT2D eigenvalue weighted by atomic mass is 19.4. The molecule has 0 fully saturated rings. The molecule has 2 aliphatic rings. The van der Waals surface area contributed by atoms with Gasteiger partial charge >= 0.3 is 6.18 Å². The van der Waals surface area contributed by atoms with Crippen LogP contribution in [0.3, 0.4) is 0 Å². The summed E-state index contributed by atoms with van der Waals surface area (Å²) in [4.78, 5) is 30.7. The van der Waals surface area contributed by atoms with E-state index in [0.29, 0.717) is 17.4 Å². The number of aromatic amines is 1. The van der Waals surface area contributed by atoms with Gasteiger partial charge in [-0.25, -0.2) is 0 Å². The van der Waals surface area contributed by atoms with E-state index in [9.17, 15) is 22.8 Å².